The first-order chi connectivity index (χ1) is 14.7. The molecule has 8 heteroatoms. The molecule has 0 saturated carbocycles. The molecule has 0 bridgehead atoms. The summed E-state index contributed by atoms with van der Waals surface area (Å²) in [6, 6.07) is 9.40. The lowest BCUT2D eigenvalue weighted by atomic mass is 9.83. The Morgan fingerprint density at radius 1 is 1.13 bits per heavy atom. The van der Waals surface area contributed by atoms with Crippen molar-refractivity contribution in [3.63, 3.8) is 0 Å². The predicted molar refractivity (Wildman–Crippen MR) is 115 cm³/mol. The molecule has 1 heterocycles. The van der Waals surface area contributed by atoms with Crippen LogP contribution in [0, 0.1) is 0 Å². The fourth-order valence-electron chi connectivity index (χ4n) is 3.60. The van der Waals surface area contributed by atoms with Crippen molar-refractivity contribution in [3.05, 3.63) is 35.9 Å². The van der Waals surface area contributed by atoms with Gasteiger partial charge >= 0.3 is 18.0 Å². The van der Waals surface area contributed by atoms with Crippen LogP contribution >= 0.6 is 0 Å². The van der Waals surface area contributed by atoms with Gasteiger partial charge in [0.1, 0.15) is 17.7 Å². The van der Waals surface area contributed by atoms with Crippen LogP contribution in [0.2, 0.25) is 0 Å². The molecule has 0 spiro atoms. The van der Waals surface area contributed by atoms with Crippen molar-refractivity contribution in [1.29, 1.82) is 0 Å². The molecule has 1 fully saturated rings. The second kappa shape index (κ2) is 11.1. The van der Waals surface area contributed by atoms with Gasteiger partial charge in [-0.05, 0) is 58.6 Å². The highest BCUT2D eigenvalue weighted by molar-refractivity contribution is 5.86. The molecule has 8 nitrogen and oxygen atoms in total. The Balaban J connectivity index is 2.17. The van der Waals surface area contributed by atoms with Crippen molar-refractivity contribution in [2.24, 2.45) is 0 Å². The minimum Gasteiger partial charge on any atom is -0.468 e. The van der Waals surface area contributed by atoms with E-state index in [4.69, 9.17) is 9.47 Å². The summed E-state index contributed by atoms with van der Waals surface area (Å²) in [6.45, 7) is 6.31. The van der Waals surface area contributed by atoms with Crippen LogP contribution in [0.1, 0.15) is 52.0 Å². The van der Waals surface area contributed by atoms with Gasteiger partial charge in [-0.2, -0.15) is 0 Å². The summed E-state index contributed by atoms with van der Waals surface area (Å²) in [5.74, 6) is -0.842. The first kappa shape index (κ1) is 24.7. The van der Waals surface area contributed by atoms with Crippen LogP contribution in [0.5, 0.6) is 0 Å². The number of nitrogens with one attached hydrogen (secondary N) is 1. The number of amides is 1. The highest BCUT2D eigenvalue weighted by Gasteiger charge is 2.50. The van der Waals surface area contributed by atoms with Crippen molar-refractivity contribution in [1.82, 2.24) is 10.2 Å². The number of nitrogens with zero attached hydrogens (tertiary/aromatic N) is 1. The van der Waals surface area contributed by atoms with Gasteiger partial charge in [-0.3, -0.25) is 9.69 Å². The predicted octanol–water partition coefficient (Wildman–Crippen LogP) is 3.04. The second-order valence-corrected chi connectivity index (χ2v) is 8.69. The Kier molecular flexibility index (Phi) is 8.86. The van der Waals surface area contributed by atoms with Gasteiger partial charge < -0.3 is 19.5 Å². The van der Waals surface area contributed by atoms with E-state index in [0.29, 0.717) is 25.9 Å². The van der Waals surface area contributed by atoms with E-state index in [0.717, 1.165) is 18.4 Å². The Morgan fingerprint density at radius 2 is 1.84 bits per heavy atom. The Labute approximate surface area is 184 Å². The molecule has 1 aliphatic heterocycles. The zero-order chi connectivity index (χ0) is 22.9. The summed E-state index contributed by atoms with van der Waals surface area (Å²) < 4.78 is 15.9. The second-order valence-electron chi connectivity index (χ2n) is 8.69. The molecule has 1 amide bonds. The molecule has 0 aliphatic carbocycles. The van der Waals surface area contributed by atoms with E-state index in [9.17, 15) is 14.4 Å². The van der Waals surface area contributed by atoms with Gasteiger partial charge in [-0.1, -0.05) is 30.3 Å². The highest BCUT2D eigenvalue weighted by Crippen LogP contribution is 2.34. The van der Waals surface area contributed by atoms with Crippen molar-refractivity contribution in [2.45, 2.75) is 64.2 Å². The maximum Gasteiger partial charge on any atom is 0.411 e. The van der Waals surface area contributed by atoms with Crippen molar-refractivity contribution in [3.8, 4) is 0 Å². The number of hydrogen-bond acceptors (Lipinski definition) is 7. The molecule has 1 saturated heterocycles. The van der Waals surface area contributed by atoms with Crippen molar-refractivity contribution in [2.75, 3.05) is 26.7 Å². The first-order valence-corrected chi connectivity index (χ1v) is 10.7. The van der Waals surface area contributed by atoms with E-state index in [1.54, 1.807) is 20.8 Å². The topological polar surface area (TPSA) is 94.2 Å². The Morgan fingerprint density at radius 3 is 2.48 bits per heavy atom. The Bertz CT molecular complexity index is 746. The van der Waals surface area contributed by atoms with Gasteiger partial charge in [0.2, 0.25) is 0 Å². The summed E-state index contributed by atoms with van der Waals surface area (Å²) >= 11 is 0. The number of carbonyl (C=O) groups excluding carboxylic acids is 3. The molecule has 1 unspecified atom stereocenters. The maximum absolute atomic E-state index is 13.3. The van der Waals surface area contributed by atoms with Crippen LogP contribution < -0.4 is 5.32 Å². The molecule has 2 rings (SSSR count). The SMILES string of the molecule is COC(=O)CNCCC1(C(=O)OC(C)(C)C)CCCCN1C(=O)OCc1ccccc1. The summed E-state index contributed by atoms with van der Waals surface area (Å²) in [4.78, 5) is 39.3. The van der Waals surface area contributed by atoms with Gasteiger partial charge in [0.05, 0.1) is 13.7 Å². The molecule has 172 valence electrons. The number of esters is 2. The summed E-state index contributed by atoms with van der Waals surface area (Å²) in [5.41, 5.74) is -0.973. The molecular formula is C23H34N2O6. The average molecular weight is 435 g/mol. The highest BCUT2D eigenvalue weighted by atomic mass is 16.6. The zero-order valence-electron chi connectivity index (χ0n) is 18.9. The monoisotopic (exact) mass is 434 g/mol. The van der Waals surface area contributed by atoms with Crippen molar-refractivity contribution >= 4 is 18.0 Å². The number of ether oxygens (including phenoxy) is 3. The van der Waals surface area contributed by atoms with E-state index in [1.807, 2.05) is 30.3 Å². The van der Waals surface area contributed by atoms with Gasteiger partial charge in [-0.25, -0.2) is 9.59 Å². The average Bonchev–Trinajstić information content (AvgIpc) is 2.74. The smallest absolute Gasteiger partial charge is 0.411 e. The number of likely N-dealkylation sites (tertiary alicyclic amines) is 1. The molecule has 31 heavy (non-hydrogen) atoms. The molecule has 1 aromatic rings. The van der Waals surface area contributed by atoms with Crippen LogP contribution in [0.25, 0.3) is 0 Å². The third kappa shape index (κ3) is 7.24. The third-order valence-corrected chi connectivity index (χ3v) is 5.16. The maximum atomic E-state index is 13.3. The Hall–Kier alpha value is -2.61. The van der Waals surface area contributed by atoms with Crippen LogP contribution in [-0.2, 0) is 30.4 Å². The molecule has 1 N–H and O–H groups in total. The number of benzene rings is 1. The number of rotatable bonds is 8. The van der Waals surface area contributed by atoms with Gasteiger partial charge in [0, 0.05) is 6.54 Å². The first-order valence-electron chi connectivity index (χ1n) is 10.7. The fraction of sp³-hybridized carbons (Fsp3) is 0.609. The molecule has 0 radical (unpaired) electrons. The van der Waals surface area contributed by atoms with E-state index >= 15 is 0 Å². The van der Waals surface area contributed by atoms with Gasteiger partial charge in [-0.15, -0.1) is 0 Å². The van der Waals surface area contributed by atoms with Crippen LogP contribution in [0.4, 0.5) is 4.79 Å². The molecule has 1 atom stereocenters. The largest absolute Gasteiger partial charge is 0.468 e. The minimum atomic E-state index is -1.15. The molecule has 1 aliphatic rings. The van der Waals surface area contributed by atoms with E-state index in [-0.39, 0.29) is 13.2 Å². The van der Waals surface area contributed by atoms with Crippen LogP contribution in [0.3, 0.4) is 0 Å². The lowest BCUT2D eigenvalue weighted by molar-refractivity contribution is -0.172. The normalized spacial score (nSPS) is 18.9. The zero-order valence-corrected chi connectivity index (χ0v) is 18.9. The number of piperidine rings is 1. The summed E-state index contributed by atoms with van der Waals surface area (Å²) in [6.07, 6.45) is 1.81. The van der Waals surface area contributed by atoms with Gasteiger partial charge in [0.15, 0.2) is 0 Å². The van der Waals surface area contributed by atoms with Crippen LogP contribution in [0.15, 0.2) is 30.3 Å². The van der Waals surface area contributed by atoms with E-state index in [1.165, 1.54) is 12.0 Å². The molecule has 0 aromatic heterocycles. The quantitative estimate of drug-likeness (QED) is 0.382. The lowest BCUT2D eigenvalue weighted by Gasteiger charge is -2.45. The summed E-state index contributed by atoms with van der Waals surface area (Å²) in [7, 11) is 1.32. The molecular weight excluding hydrogens is 400 g/mol. The van der Waals surface area contributed by atoms with E-state index in [2.05, 4.69) is 10.1 Å². The number of hydrogen-bond donors (Lipinski definition) is 1. The van der Waals surface area contributed by atoms with E-state index < -0.39 is 29.2 Å². The third-order valence-electron chi connectivity index (χ3n) is 5.16. The molecule has 1 aromatic carbocycles. The fourth-order valence-corrected chi connectivity index (χ4v) is 3.60. The number of methoxy groups -OCH3 is 1. The van der Waals surface area contributed by atoms with Crippen LogP contribution in [-0.4, -0.2) is 60.8 Å². The summed E-state index contributed by atoms with van der Waals surface area (Å²) in [5, 5.41) is 2.98. The number of carbonyl (C=O) groups is 3. The van der Waals surface area contributed by atoms with Gasteiger partial charge in [0.25, 0.3) is 0 Å². The lowest BCUT2D eigenvalue weighted by Crippen LogP contribution is -2.61. The minimum absolute atomic E-state index is 0.0271. The van der Waals surface area contributed by atoms with Crippen molar-refractivity contribution < 1.29 is 28.6 Å². The standard InChI is InChI=1S/C23H34N2O6/c1-22(2,3)31-20(27)23(13-14-24-16-19(26)29-4)12-8-9-15-25(23)21(28)30-17-18-10-6-5-7-11-18/h5-7,10-11,24H,8-9,12-17H2,1-4H3.